The summed E-state index contributed by atoms with van der Waals surface area (Å²) in [5.41, 5.74) is 34.5. The molecule has 0 saturated carbocycles. The zero-order valence-electron chi connectivity index (χ0n) is 76.0. The largest absolute Gasteiger partial charge is 0.494 e. The fourth-order valence-electron chi connectivity index (χ4n) is 21.5. The molecule has 650 valence electrons. The van der Waals surface area contributed by atoms with Crippen molar-refractivity contribution in [2.24, 2.45) is 0 Å². The van der Waals surface area contributed by atoms with Crippen LogP contribution in [0, 0.1) is 0 Å². The number of aromatic nitrogens is 4. The number of hydrogen-bond donors (Lipinski definition) is 0. The van der Waals surface area contributed by atoms with Gasteiger partial charge in [0.1, 0.15) is 0 Å². The number of anilines is 5. The third-order valence-electron chi connectivity index (χ3n) is 28.9. The van der Waals surface area contributed by atoms with Crippen LogP contribution in [0.15, 0.2) is 459 Å². The summed E-state index contributed by atoms with van der Waals surface area (Å²) in [7, 11) is -0.395. The molecule has 2 aliphatic carbocycles. The van der Waals surface area contributed by atoms with Crippen molar-refractivity contribution in [3.05, 3.63) is 470 Å². The molecule has 0 bridgehead atoms. The topological polar surface area (TPSA) is 43.6 Å². The first-order chi connectivity index (χ1) is 66.8. The maximum absolute atomic E-state index is 6.37. The van der Waals surface area contributed by atoms with E-state index in [1.54, 1.807) is 0 Å². The highest BCUT2D eigenvalue weighted by Crippen LogP contribution is 2.48. The predicted octanol–water partition coefficient (Wildman–Crippen LogP) is 33.7. The lowest BCUT2D eigenvalue weighted by Crippen LogP contribution is -2.41. The molecule has 136 heavy (non-hydrogen) atoms. The van der Waals surface area contributed by atoms with E-state index in [-0.39, 0.29) is 11.2 Å². The zero-order chi connectivity index (χ0) is 90.9. The minimum atomic E-state index is -0.395. The Morgan fingerprint density at radius 1 is 0.265 bits per heavy atom. The molecule has 0 amide bonds. The minimum absolute atomic E-state index is 0.384. The lowest BCUT2D eigenvalue weighted by Gasteiger charge is -2.32. The van der Waals surface area contributed by atoms with Crippen LogP contribution in [0.25, 0.3) is 176 Å². The van der Waals surface area contributed by atoms with Crippen molar-refractivity contribution in [3.63, 3.8) is 0 Å². The molecule has 0 spiro atoms. The van der Waals surface area contributed by atoms with E-state index in [1.807, 2.05) is 0 Å². The zero-order valence-corrected chi connectivity index (χ0v) is 77.6. The standard InChI is InChI=1S/C60H41N3.C48H43BN2O2.C18H10BrN/c1-2-12-40(13-3-1)41-22-30-46(31-23-41)61(47-32-24-42(25-33-47)43-26-36-49(37-27-43)62-56-18-8-4-14-50(56)51-15-5-9-19-57(51)62)48-34-28-44(29-35-48)45-38-54-52-16-6-10-20-58(52)63-59-21-11-7-17-53(59)55(39-45)60(54)63;1-47(2)48(3,4)53-49(52-47)38-24-32-41(33-25-38)50(39-26-18-35(19-27-39)34-12-6-5-7-13-34)40-28-20-36(21-29-40)37-22-30-42(31-23-37)51-45-16-10-8-14-43(45)44-15-9-11-17-46(44)51;19-11-9-14-12-5-1-3-7-16(12)20-17-8-4-2-6-13(17)15(10-11)18(14)20/h1-2,4-12,14-39H,3,13H2;5-18,20-26,28-33H,19,27H2,1-4H3;1-10H. The van der Waals surface area contributed by atoms with Crippen LogP contribution in [0.4, 0.5) is 28.4 Å². The highest BCUT2D eigenvalue weighted by molar-refractivity contribution is 9.10. The second-order valence-electron chi connectivity index (χ2n) is 37.3. The Hall–Kier alpha value is -15.8. The summed E-state index contributed by atoms with van der Waals surface area (Å²) < 4.78 is 23.5. The number of rotatable bonds is 14. The van der Waals surface area contributed by atoms with Crippen molar-refractivity contribution >= 4 is 188 Å². The van der Waals surface area contributed by atoms with Crippen molar-refractivity contribution in [1.82, 2.24) is 17.9 Å². The van der Waals surface area contributed by atoms with E-state index in [0.717, 1.165) is 75.4 Å². The number of allylic oxidation sites excluding steroid dienone is 8. The SMILES string of the molecule is Brc1cc2c3ccccc3n3c4ccccc4c(c1)c23.C1=CCCC(c2ccc(N(c3ccc(-c4ccc(-n5c6ccccc6c6ccccc65)cc4)cc3)c3ccc(-c4cc5c6ccccc6n6c7ccccc7c(c4)c56)cc3)cc2)=C1.CC1(C)OB(c2ccc(N(C3=CC=C(c4ccccc4)CC3)c3ccc(-c4ccc(-n5c6ccccc6c6ccccc65)cc4)cc3)cc2)OC1(C)C. The van der Waals surface area contributed by atoms with Crippen LogP contribution in [-0.2, 0) is 9.31 Å². The number of hydrogen-bond acceptors (Lipinski definition) is 4. The fraction of sp³-hybridized carbons (Fsp3) is 0.0794. The summed E-state index contributed by atoms with van der Waals surface area (Å²) in [4.78, 5) is 4.77. The number of para-hydroxylation sites is 8. The van der Waals surface area contributed by atoms with Gasteiger partial charge >= 0.3 is 7.12 Å². The van der Waals surface area contributed by atoms with E-state index >= 15 is 0 Å². The molecule has 6 aromatic heterocycles. The van der Waals surface area contributed by atoms with Gasteiger partial charge in [0.2, 0.25) is 0 Å². The van der Waals surface area contributed by atoms with Crippen molar-refractivity contribution in [1.29, 1.82) is 0 Å². The second kappa shape index (κ2) is 33.4. The Labute approximate surface area is 798 Å². The van der Waals surface area contributed by atoms with E-state index in [2.05, 4.69) is 520 Å². The van der Waals surface area contributed by atoms with Crippen molar-refractivity contribution in [2.75, 3.05) is 9.80 Å². The Morgan fingerprint density at radius 3 is 0.926 bits per heavy atom. The Balaban J connectivity index is 0.000000121. The van der Waals surface area contributed by atoms with Gasteiger partial charge in [0.05, 0.1) is 66.4 Å². The number of benzene rings is 18. The summed E-state index contributed by atoms with van der Waals surface area (Å²) in [6, 6.07) is 152. The summed E-state index contributed by atoms with van der Waals surface area (Å²) in [6.07, 6.45) is 15.3. The van der Waals surface area contributed by atoms with Crippen LogP contribution < -0.4 is 15.3 Å². The Morgan fingerprint density at radius 2 is 0.566 bits per heavy atom. The molecule has 8 nitrogen and oxygen atoms in total. The molecular weight excluding hydrogens is 1720 g/mol. The molecule has 10 heteroatoms. The van der Waals surface area contributed by atoms with E-state index in [9.17, 15) is 0 Å². The van der Waals surface area contributed by atoms with E-state index in [4.69, 9.17) is 9.31 Å². The van der Waals surface area contributed by atoms with Crippen LogP contribution in [0.2, 0.25) is 0 Å². The molecule has 7 heterocycles. The van der Waals surface area contributed by atoms with Crippen LogP contribution in [0.3, 0.4) is 0 Å². The number of nitrogens with zero attached hydrogens (tertiary/aromatic N) is 6. The Kier molecular flexibility index (Phi) is 20.2. The summed E-state index contributed by atoms with van der Waals surface area (Å²) in [6.45, 7) is 8.39. The van der Waals surface area contributed by atoms with Gasteiger partial charge < -0.3 is 37.0 Å². The first kappa shape index (κ1) is 82.1. The first-order valence-electron chi connectivity index (χ1n) is 47.3. The van der Waals surface area contributed by atoms with Crippen molar-refractivity contribution in [2.45, 2.75) is 64.6 Å². The molecule has 1 aliphatic heterocycles. The molecule has 0 unspecified atom stereocenters. The maximum atomic E-state index is 6.37. The van der Waals surface area contributed by atoms with Gasteiger partial charge in [-0.05, 0) is 278 Å². The van der Waals surface area contributed by atoms with Gasteiger partial charge in [-0.15, -0.1) is 0 Å². The summed E-state index contributed by atoms with van der Waals surface area (Å²) in [5.74, 6) is 0. The molecule has 18 aromatic carbocycles. The Bertz CT molecular complexity index is 8600. The average Bonchev–Trinajstić information content (AvgIpc) is 1.54. The lowest BCUT2D eigenvalue weighted by atomic mass is 9.79. The van der Waals surface area contributed by atoms with Gasteiger partial charge in [0.15, 0.2) is 0 Å². The quantitative estimate of drug-likeness (QED) is 0.102. The molecule has 0 atom stereocenters. The summed E-state index contributed by atoms with van der Waals surface area (Å²) in [5, 5.41) is 15.5. The molecule has 24 aromatic rings. The highest BCUT2D eigenvalue weighted by Gasteiger charge is 2.52. The average molecular weight is 1810 g/mol. The third-order valence-corrected chi connectivity index (χ3v) is 29.4. The number of fused-ring (bicyclic) bond motifs is 18. The van der Waals surface area contributed by atoms with Crippen molar-refractivity contribution < 1.29 is 9.31 Å². The molecule has 1 fully saturated rings. The fourth-order valence-corrected chi connectivity index (χ4v) is 22.0. The molecule has 0 N–H and O–H groups in total. The molecule has 0 radical (unpaired) electrons. The van der Waals surface area contributed by atoms with Crippen LogP contribution in [0.1, 0.15) is 64.5 Å². The smallest absolute Gasteiger partial charge is 0.399 e. The highest BCUT2D eigenvalue weighted by atomic mass is 79.9. The van der Waals surface area contributed by atoms with E-state index < -0.39 is 7.12 Å². The van der Waals surface area contributed by atoms with Gasteiger partial charge in [-0.1, -0.05) is 301 Å². The molecular formula is C126H94BBrN6O2. The van der Waals surface area contributed by atoms with Crippen LogP contribution in [-0.4, -0.2) is 36.3 Å². The molecule has 3 aliphatic rings. The monoisotopic (exact) mass is 1810 g/mol. The van der Waals surface area contributed by atoms with E-state index in [1.165, 1.54) is 181 Å². The second-order valence-corrected chi connectivity index (χ2v) is 38.2. The van der Waals surface area contributed by atoms with Gasteiger partial charge in [0, 0.05) is 115 Å². The van der Waals surface area contributed by atoms with Crippen LogP contribution >= 0.6 is 15.9 Å². The van der Waals surface area contributed by atoms with Gasteiger partial charge in [-0.25, -0.2) is 0 Å². The third kappa shape index (κ3) is 14.1. The normalized spacial score (nSPS) is 14.2. The first-order valence-corrected chi connectivity index (χ1v) is 48.1. The van der Waals surface area contributed by atoms with Gasteiger partial charge in [-0.2, -0.15) is 0 Å². The molecule has 27 rings (SSSR count). The minimum Gasteiger partial charge on any atom is -0.399 e. The van der Waals surface area contributed by atoms with E-state index in [0.29, 0.717) is 0 Å². The van der Waals surface area contributed by atoms with Gasteiger partial charge in [-0.3, -0.25) is 0 Å². The van der Waals surface area contributed by atoms with Crippen molar-refractivity contribution in [3.8, 4) is 44.8 Å². The van der Waals surface area contributed by atoms with Gasteiger partial charge in [0.25, 0.3) is 0 Å². The predicted molar refractivity (Wildman–Crippen MR) is 578 cm³/mol. The van der Waals surface area contributed by atoms with Crippen LogP contribution in [0.5, 0.6) is 0 Å². The maximum Gasteiger partial charge on any atom is 0.494 e. The number of halogens is 1. The lowest BCUT2D eigenvalue weighted by molar-refractivity contribution is 0.00578. The molecule has 1 saturated heterocycles. The summed E-state index contributed by atoms with van der Waals surface area (Å²) >= 11 is 3.66.